The van der Waals surface area contributed by atoms with Gasteiger partial charge in [0.2, 0.25) is 0 Å². The molecule has 0 amide bonds. The van der Waals surface area contributed by atoms with Crippen LogP contribution < -0.4 is 0 Å². The van der Waals surface area contributed by atoms with Crippen molar-refractivity contribution in [1.82, 2.24) is 4.90 Å². The number of allylic oxidation sites excluding steroid dienone is 4. The zero-order valence-electron chi connectivity index (χ0n) is 9.84. The number of rotatable bonds is 4. The average Bonchev–Trinajstić information content (AvgIpc) is 2.67. The van der Waals surface area contributed by atoms with Gasteiger partial charge in [0.25, 0.3) is 0 Å². The monoisotopic (exact) mass is 193 g/mol. The minimum Gasteiger partial charge on any atom is -0.375 e. The molecule has 1 rings (SSSR count). The SMILES string of the molecule is CCC/C(C)=C\C=C(/C)N1CCCC1. The molecule has 0 spiro atoms. The Morgan fingerprint density at radius 3 is 2.36 bits per heavy atom. The third kappa shape index (κ3) is 3.57. The van der Waals surface area contributed by atoms with Crippen LogP contribution in [0.2, 0.25) is 0 Å². The van der Waals surface area contributed by atoms with E-state index >= 15 is 0 Å². The fraction of sp³-hybridized carbons (Fsp3) is 0.692. The second-order valence-electron chi connectivity index (χ2n) is 4.27. The fourth-order valence-corrected chi connectivity index (χ4v) is 1.92. The van der Waals surface area contributed by atoms with Crippen LogP contribution in [-0.4, -0.2) is 18.0 Å². The van der Waals surface area contributed by atoms with Gasteiger partial charge < -0.3 is 4.90 Å². The number of hydrogen-bond donors (Lipinski definition) is 0. The zero-order valence-corrected chi connectivity index (χ0v) is 9.84. The second-order valence-corrected chi connectivity index (χ2v) is 4.27. The molecular weight excluding hydrogens is 170 g/mol. The standard InChI is InChI=1S/C13H23N/c1-4-7-12(2)8-9-13(3)14-10-5-6-11-14/h8-9H,4-7,10-11H2,1-3H3/b12-8-,13-9+. The van der Waals surface area contributed by atoms with Gasteiger partial charge in [-0.25, -0.2) is 0 Å². The Labute approximate surface area is 88.5 Å². The van der Waals surface area contributed by atoms with Gasteiger partial charge in [0.15, 0.2) is 0 Å². The van der Waals surface area contributed by atoms with Crippen molar-refractivity contribution in [2.24, 2.45) is 0 Å². The normalized spacial score (nSPS) is 19.2. The highest BCUT2D eigenvalue weighted by Gasteiger charge is 2.10. The smallest absolute Gasteiger partial charge is 0.0175 e. The minimum atomic E-state index is 1.23. The molecule has 1 saturated heterocycles. The van der Waals surface area contributed by atoms with Crippen LogP contribution in [0.25, 0.3) is 0 Å². The second kappa shape index (κ2) is 5.90. The minimum absolute atomic E-state index is 1.23. The first kappa shape index (κ1) is 11.4. The maximum absolute atomic E-state index is 2.48. The summed E-state index contributed by atoms with van der Waals surface area (Å²) in [6.07, 6.45) is 9.75. The Morgan fingerprint density at radius 2 is 1.79 bits per heavy atom. The summed E-state index contributed by atoms with van der Waals surface area (Å²) in [7, 11) is 0. The largest absolute Gasteiger partial charge is 0.375 e. The topological polar surface area (TPSA) is 3.24 Å². The van der Waals surface area contributed by atoms with Gasteiger partial charge in [-0.05, 0) is 39.2 Å². The van der Waals surface area contributed by atoms with Crippen molar-refractivity contribution in [2.75, 3.05) is 13.1 Å². The summed E-state index contributed by atoms with van der Waals surface area (Å²) in [6, 6.07) is 0. The Hall–Kier alpha value is -0.720. The third-order valence-electron chi connectivity index (χ3n) is 2.86. The predicted molar refractivity (Wildman–Crippen MR) is 63.2 cm³/mol. The van der Waals surface area contributed by atoms with Gasteiger partial charge in [0, 0.05) is 18.8 Å². The van der Waals surface area contributed by atoms with Crippen molar-refractivity contribution in [3.05, 3.63) is 23.4 Å². The van der Waals surface area contributed by atoms with Crippen molar-refractivity contribution in [1.29, 1.82) is 0 Å². The van der Waals surface area contributed by atoms with E-state index in [2.05, 4.69) is 37.8 Å². The molecule has 0 aromatic carbocycles. The van der Waals surface area contributed by atoms with Gasteiger partial charge in [-0.1, -0.05) is 25.0 Å². The van der Waals surface area contributed by atoms with Crippen molar-refractivity contribution >= 4 is 0 Å². The lowest BCUT2D eigenvalue weighted by Gasteiger charge is -2.17. The summed E-state index contributed by atoms with van der Waals surface area (Å²) in [6.45, 7) is 9.18. The van der Waals surface area contributed by atoms with Gasteiger partial charge in [-0.2, -0.15) is 0 Å². The molecule has 1 heteroatoms. The van der Waals surface area contributed by atoms with E-state index in [1.807, 2.05) is 0 Å². The molecule has 1 aliphatic heterocycles. The quantitative estimate of drug-likeness (QED) is 0.615. The fourth-order valence-electron chi connectivity index (χ4n) is 1.92. The van der Waals surface area contributed by atoms with Crippen LogP contribution in [0.4, 0.5) is 0 Å². The lowest BCUT2D eigenvalue weighted by Crippen LogP contribution is -2.16. The number of likely N-dealkylation sites (tertiary alicyclic amines) is 1. The molecule has 0 unspecified atom stereocenters. The van der Waals surface area contributed by atoms with Crippen molar-refractivity contribution in [3.8, 4) is 0 Å². The molecule has 0 saturated carbocycles. The third-order valence-corrected chi connectivity index (χ3v) is 2.86. The first-order valence-corrected chi connectivity index (χ1v) is 5.83. The lowest BCUT2D eigenvalue weighted by molar-refractivity contribution is 0.428. The maximum atomic E-state index is 2.48. The zero-order chi connectivity index (χ0) is 10.4. The van der Waals surface area contributed by atoms with Crippen molar-refractivity contribution in [3.63, 3.8) is 0 Å². The van der Waals surface area contributed by atoms with Crippen molar-refractivity contribution in [2.45, 2.75) is 46.5 Å². The Morgan fingerprint density at radius 1 is 1.14 bits per heavy atom. The summed E-state index contributed by atoms with van der Waals surface area (Å²) in [4.78, 5) is 2.48. The molecule has 1 aliphatic rings. The van der Waals surface area contributed by atoms with Gasteiger partial charge in [0.1, 0.15) is 0 Å². The van der Waals surface area contributed by atoms with E-state index in [0.717, 1.165) is 0 Å². The molecular formula is C13H23N. The molecule has 0 atom stereocenters. The van der Waals surface area contributed by atoms with Crippen LogP contribution >= 0.6 is 0 Å². The molecule has 14 heavy (non-hydrogen) atoms. The first-order valence-electron chi connectivity index (χ1n) is 5.83. The van der Waals surface area contributed by atoms with Crippen LogP contribution in [0.5, 0.6) is 0 Å². The van der Waals surface area contributed by atoms with E-state index in [1.54, 1.807) is 0 Å². The molecule has 1 nitrogen and oxygen atoms in total. The molecule has 0 aromatic rings. The molecule has 0 N–H and O–H groups in total. The highest BCUT2D eigenvalue weighted by atomic mass is 15.1. The van der Waals surface area contributed by atoms with E-state index in [0.29, 0.717) is 0 Å². The predicted octanol–water partition coefficient (Wildman–Crippen LogP) is 3.73. The highest BCUT2D eigenvalue weighted by molar-refractivity contribution is 5.15. The summed E-state index contributed by atoms with van der Waals surface area (Å²) >= 11 is 0. The molecule has 80 valence electrons. The summed E-state index contributed by atoms with van der Waals surface area (Å²) in [5.74, 6) is 0. The van der Waals surface area contributed by atoms with E-state index in [1.165, 1.54) is 50.0 Å². The van der Waals surface area contributed by atoms with Gasteiger partial charge in [0.05, 0.1) is 0 Å². The van der Waals surface area contributed by atoms with Crippen LogP contribution in [0, 0.1) is 0 Å². The first-order chi connectivity index (χ1) is 6.74. The molecule has 1 heterocycles. The number of hydrogen-bond acceptors (Lipinski definition) is 1. The Kier molecular flexibility index (Phi) is 4.78. The molecule has 0 aliphatic carbocycles. The van der Waals surface area contributed by atoms with Gasteiger partial charge >= 0.3 is 0 Å². The lowest BCUT2D eigenvalue weighted by atomic mass is 10.1. The van der Waals surface area contributed by atoms with Crippen molar-refractivity contribution < 1.29 is 0 Å². The van der Waals surface area contributed by atoms with Gasteiger partial charge in [-0.15, -0.1) is 0 Å². The van der Waals surface area contributed by atoms with E-state index in [-0.39, 0.29) is 0 Å². The van der Waals surface area contributed by atoms with Crippen LogP contribution in [0.3, 0.4) is 0 Å². The maximum Gasteiger partial charge on any atom is 0.0175 e. The van der Waals surface area contributed by atoms with Crippen LogP contribution in [0.1, 0.15) is 46.5 Å². The summed E-state index contributed by atoms with van der Waals surface area (Å²) in [5.41, 5.74) is 2.92. The molecule has 0 bridgehead atoms. The molecule has 1 fully saturated rings. The Bertz CT molecular complexity index is 219. The van der Waals surface area contributed by atoms with E-state index in [4.69, 9.17) is 0 Å². The highest BCUT2D eigenvalue weighted by Crippen LogP contribution is 2.14. The summed E-state index contributed by atoms with van der Waals surface area (Å²) in [5, 5.41) is 0. The number of nitrogens with zero attached hydrogens (tertiary/aromatic N) is 1. The molecule has 0 radical (unpaired) electrons. The average molecular weight is 193 g/mol. The van der Waals surface area contributed by atoms with E-state index < -0.39 is 0 Å². The van der Waals surface area contributed by atoms with Crippen LogP contribution in [0.15, 0.2) is 23.4 Å². The van der Waals surface area contributed by atoms with Gasteiger partial charge in [-0.3, -0.25) is 0 Å². The van der Waals surface area contributed by atoms with Crippen LogP contribution in [-0.2, 0) is 0 Å². The molecule has 0 aromatic heterocycles. The Balaban J connectivity index is 2.45. The summed E-state index contributed by atoms with van der Waals surface area (Å²) < 4.78 is 0. The van der Waals surface area contributed by atoms with E-state index in [9.17, 15) is 0 Å².